The molecule has 4 heteroatoms. The molecule has 0 N–H and O–H groups in total. The molecule has 0 radical (unpaired) electrons. The number of esters is 2. The molecule has 26 heavy (non-hydrogen) atoms. The molecule has 1 aromatic carbocycles. The van der Waals surface area contributed by atoms with Crippen LogP contribution in [0.15, 0.2) is 24.3 Å². The van der Waals surface area contributed by atoms with Crippen LogP contribution < -0.4 is 0 Å². The minimum atomic E-state index is -0.384. The Hall–Kier alpha value is -1.84. The highest BCUT2D eigenvalue weighted by Gasteiger charge is 2.14. The van der Waals surface area contributed by atoms with E-state index in [0.29, 0.717) is 30.3 Å². The first kappa shape index (κ1) is 22.2. The van der Waals surface area contributed by atoms with E-state index in [0.717, 1.165) is 51.4 Å². The molecule has 1 unspecified atom stereocenters. The van der Waals surface area contributed by atoms with Gasteiger partial charge in [-0.05, 0) is 37.0 Å². The molecule has 0 bridgehead atoms. The van der Waals surface area contributed by atoms with Crippen molar-refractivity contribution < 1.29 is 19.1 Å². The van der Waals surface area contributed by atoms with Crippen LogP contribution in [0.1, 0.15) is 92.9 Å². The lowest BCUT2D eigenvalue weighted by molar-refractivity contribution is 0.0428. The van der Waals surface area contributed by atoms with Gasteiger partial charge in [-0.1, -0.05) is 65.4 Å². The molecule has 0 spiro atoms. The van der Waals surface area contributed by atoms with Gasteiger partial charge in [0.25, 0.3) is 0 Å². The standard InChI is InChI=1S/C22H34O4/c1-4-7-9-10-15-25-21(23)19-13-11-14-20(16-19)22(24)26-17-18(6-3)12-8-5-2/h11,13-14,16,18H,4-10,12,15,17H2,1-3H3. The lowest BCUT2D eigenvalue weighted by Gasteiger charge is -2.14. The monoisotopic (exact) mass is 362 g/mol. The third kappa shape index (κ3) is 8.50. The van der Waals surface area contributed by atoms with E-state index < -0.39 is 0 Å². The van der Waals surface area contributed by atoms with Gasteiger partial charge in [-0.2, -0.15) is 0 Å². The van der Waals surface area contributed by atoms with Gasteiger partial charge in [0.2, 0.25) is 0 Å². The Morgan fingerprint density at radius 2 is 1.54 bits per heavy atom. The molecule has 1 atom stereocenters. The van der Waals surface area contributed by atoms with Gasteiger partial charge in [-0.25, -0.2) is 9.59 Å². The molecule has 0 amide bonds. The van der Waals surface area contributed by atoms with E-state index in [9.17, 15) is 9.59 Å². The molecule has 0 saturated carbocycles. The van der Waals surface area contributed by atoms with E-state index in [2.05, 4.69) is 20.8 Å². The largest absolute Gasteiger partial charge is 0.462 e. The minimum absolute atomic E-state index is 0.377. The SMILES string of the molecule is CCCCCCOC(=O)c1cccc(C(=O)OCC(CC)CCCC)c1. The second-order valence-electron chi connectivity index (χ2n) is 6.79. The smallest absolute Gasteiger partial charge is 0.338 e. The van der Waals surface area contributed by atoms with Gasteiger partial charge in [0.05, 0.1) is 24.3 Å². The molecule has 0 aromatic heterocycles. The van der Waals surface area contributed by atoms with Crippen LogP contribution in [0, 0.1) is 5.92 Å². The van der Waals surface area contributed by atoms with Gasteiger partial charge < -0.3 is 9.47 Å². The highest BCUT2D eigenvalue weighted by Crippen LogP contribution is 2.15. The van der Waals surface area contributed by atoms with Gasteiger partial charge in [-0.3, -0.25) is 0 Å². The molecule has 146 valence electrons. The van der Waals surface area contributed by atoms with E-state index in [4.69, 9.17) is 9.47 Å². The summed E-state index contributed by atoms with van der Waals surface area (Å²) in [5.74, 6) is -0.363. The number of unbranched alkanes of at least 4 members (excludes halogenated alkanes) is 4. The Labute approximate surface area is 158 Å². The van der Waals surface area contributed by atoms with Crippen LogP contribution in [-0.2, 0) is 9.47 Å². The Morgan fingerprint density at radius 1 is 0.885 bits per heavy atom. The molecular formula is C22H34O4. The number of hydrogen-bond donors (Lipinski definition) is 0. The molecule has 0 aliphatic rings. The lowest BCUT2D eigenvalue weighted by Crippen LogP contribution is -2.15. The van der Waals surface area contributed by atoms with Crippen LogP contribution in [-0.4, -0.2) is 25.2 Å². The van der Waals surface area contributed by atoms with Crippen molar-refractivity contribution in [3.8, 4) is 0 Å². The fraction of sp³-hybridized carbons (Fsp3) is 0.636. The first-order valence-electron chi connectivity index (χ1n) is 10.1. The Bertz CT molecular complexity index is 539. The zero-order chi connectivity index (χ0) is 19.2. The van der Waals surface area contributed by atoms with Crippen LogP contribution in [0.2, 0.25) is 0 Å². The number of carbonyl (C=O) groups excluding carboxylic acids is 2. The second-order valence-corrected chi connectivity index (χ2v) is 6.79. The van der Waals surface area contributed by atoms with E-state index in [1.807, 2.05) is 0 Å². The maximum absolute atomic E-state index is 12.3. The fourth-order valence-electron chi connectivity index (χ4n) is 2.73. The quantitative estimate of drug-likeness (QED) is 0.329. The fourth-order valence-corrected chi connectivity index (χ4v) is 2.73. The maximum atomic E-state index is 12.3. The lowest BCUT2D eigenvalue weighted by atomic mass is 10.0. The van der Waals surface area contributed by atoms with Gasteiger partial charge in [0.1, 0.15) is 0 Å². The summed E-state index contributed by atoms with van der Waals surface area (Å²) in [5.41, 5.74) is 0.795. The Balaban J connectivity index is 2.51. The molecule has 4 nitrogen and oxygen atoms in total. The van der Waals surface area contributed by atoms with Crippen LogP contribution in [0.4, 0.5) is 0 Å². The van der Waals surface area contributed by atoms with Crippen LogP contribution in [0.25, 0.3) is 0 Å². The molecule has 0 aliphatic carbocycles. The van der Waals surface area contributed by atoms with Crippen LogP contribution in [0.3, 0.4) is 0 Å². The average molecular weight is 363 g/mol. The summed E-state index contributed by atoms with van der Waals surface area (Å²) in [6, 6.07) is 6.59. The summed E-state index contributed by atoms with van der Waals surface area (Å²) in [7, 11) is 0. The van der Waals surface area contributed by atoms with Gasteiger partial charge in [0, 0.05) is 0 Å². The molecule has 1 rings (SSSR count). The van der Waals surface area contributed by atoms with Crippen LogP contribution in [0.5, 0.6) is 0 Å². The van der Waals surface area contributed by atoms with Gasteiger partial charge in [0.15, 0.2) is 0 Å². The minimum Gasteiger partial charge on any atom is -0.462 e. The summed E-state index contributed by atoms with van der Waals surface area (Å²) in [6.07, 6.45) is 8.60. The van der Waals surface area contributed by atoms with Crippen molar-refractivity contribution in [2.24, 2.45) is 5.92 Å². The van der Waals surface area contributed by atoms with Crippen molar-refractivity contribution in [3.63, 3.8) is 0 Å². The van der Waals surface area contributed by atoms with Crippen molar-refractivity contribution in [2.45, 2.75) is 72.1 Å². The van der Waals surface area contributed by atoms with E-state index in [1.54, 1.807) is 24.3 Å². The molecular weight excluding hydrogens is 328 g/mol. The van der Waals surface area contributed by atoms with Gasteiger partial charge in [-0.15, -0.1) is 0 Å². The summed E-state index contributed by atoms with van der Waals surface area (Å²) >= 11 is 0. The third-order valence-electron chi connectivity index (χ3n) is 4.56. The molecule has 0 fully saturated rings. The number of ether oxygens (including phenoxy) is 2. The van der Waals surface area contributed by atoms with Crippen LogP contribution >= 0.6 is 0 Å². The molecule has 0 aliphatic heterocycles. The molecule has 1 aromatic rings. The zero-order valence-electron chi connectivity index (χ0n) is 16.6. The average Bonchev–Trinajstić information content (AvgIpc) is 2.67. The highest BCUT2D eigenvalue weighted by atomic mass is 16.5. The normalized spacial score (nSPS) is 11.8. The van der Waals surface area contributed by atoms with E-state index in [1.165, 1.54) is 0 Å². The van der Waals surface area contributed by atoms with Crippen molar-refractivity contribution in [3.05, 3.63) is 35.4 Å². The number of benzene rings is 1. The second kappa shape index (κ2) is 13.4. The Kier molecular flexibility index (Phi) is 11.4. The van der Waals surface area contributed by atoms with Gasteiger partial charge >= 0.3 is 11.9 Å². The number of carbonyl (C=O) groups is 2. The predicted octanol–water partition coefficient (Wildman–Crippen LogP) is 5.80. The molecule has 0 saturated heterocycles. The Morgan fingerprint density at radius 3 is 2.15 bits per heavy atom. The summed E-state index contributed by atoms with van der Waals surface area (Å²) in [6.45, 7) is 7.27. The van der Waals surface area contributed by atoms with Crippen molar-refractivity contribution in [1.29, 1.82) is 0 Å². The van der Waals surface area contributed by atoms with Crippen molar-refractivity contribution in [2.75, 3.05) is 13.2 Å². The third-order valence-corrected chi connectivity index (χ3v) is 4.56. The van der Waals surface area contributed by atoms with E-state index in [-0.39, 0.29) is 11.9 Å². The van der Waals surface area contributed by atoms with Crippen molar-refractivity contribution in [1.82, 2.24) is 0 Å². The summed E-state index contributed by atoms with van der Waals surface area (Å²) in [5, 5.41) is 0. The number of hydrogen-bond acceptors (Lipinski definition) is 4. The summed E-state index contributed by atoms with van der Waals surface area (Å²) < 4.78 is 10.7. The maximum Gasteiger partial charge on any atom is 0.338 e. The molecule has 0 heterocycles. The first-order valence-corrected chi connectivity index (χ1v) is 10.1. The number of rotatable bonds is 13. The zero-order valence-corrected chi connectivity index (χ0v) is 16.6. The first-order chi connectivity index (χ1) is 12.6. The topological polar surface area (TPSA) is 52.6 Å². The predicted molar refractivity (Wildman–Crippen MR) is 104 cm³/mol. The summed E-state index contributed by atoms with van der Waals surface area (Å²) in [4.78, 5) is 24.4. The van der Waals surface area contributed by atoms with Crippen molar-refractivity contribution >= 4 is 11.9 Å². The van der Waals surface area contributed by atoms with E-state index >= 15 is 0 Å². The highest BCUT2D eigenvalue weighted by molar-refractivity contribution is 5.95.